The fraction of sp³-hybridized carbons (Fsp3) is 0.130. The van der Waals surface area contributed by atoms with Crippen LogP contribution in [0.5, 0.6) is 5.75 Å². The number of aliphatic hydroxyl groups is 1. The van der Waals surface area contributed by atoms with Gasteiger partial charge in [-0.25, -0.2) is 5.43 Å². The van der Waals surface area contributed by atoms with Gasteiger partial charge in [0.25, 0.3) is 5.91 Å². The van der Waals surface area contributed by atoms with Crippen LogP contribution in [0.4, 0.5) is 0 Å². The Kier molecular flexibility index (Phi) is 5.57. The highest BCUT2D eigenvalue weighted by Gasteiger charge is 2.39. The maximum Gasteiger partial charge on any atom is 0.281 e. The maximum atomic E-state index is 12.9. The topological polar surface area (TPSA) is 81.9 Å². The number of aryl methyl sites for hydroxylation is 2. The molecule has 5 heteroatoms. The number of nitrogens with one attached hydrogen (secondary N) is 1. The van der Waals surface area contributed by atoms with Crippen molar-refractivity contribution in [1.29, 1.82) is 0 Å². The van der Waals surface area contributed by atoms with Crippen molar-refractivity contribution in [2.75, 3.05) is 0 Å². The highest BCUT2D eigenvalue weighted by molar-refractivity contribution is 5.91. The van der Waals surface area contributed by atoms with Crippen LogP contribution >= 0.6 is 0 Å². The van der Waals surface area contributed by atoms with Crippen molar-refractivity contribution in [3.05, 3.63) is 101 Å². The Hall–Kier alpha value is -3.44. The van der Waals surface area contributed by atoms with Crippen LogP contribution in [0.15, 0.2) is 77.9 Å². The third-order valence-electron chi connectivity index (χ3n) is 4.60. The van der Waals surface area contributed by atoms with Crippen LogP contribution in [0.3, 0.4) is 0 Å². The molecule has 3 aromatic rings. The summed E-state index contributed by atoms with van der Waals surface area (Å²) in [5.41, 5.74) is 3.64. The molecule has 0 aliphatic carbocycles. The molecule has 28 heavy (non-hydrogen) atoms. The van der Waals surface area contributed by atoms with E-state index in [4.69, 9.17) is 0 Å². The second-order valence-electron chi connectivity index (χ2n) is 6.64. The number of aromatic hydroxyl groups is 1. The molecule has 0 saturated carbocycles. The van der Waals surface area contributed by atoms with Crippen LogP contribution < -0.4 is 5.43 Å². The molecule has 0 unspecified atom stereocenters. The molecular formula is C23H22N2O3. The molecule has 0 heterocycles. The number of hydrogen-bond acceptors (Lipinski definition) is 4. The summed E-state index contributed by atoms with van der Waals surface area (Å²) in [6.07, 6.45) is 1.48. The van der Waals surface area contributed by atoms with Gasteiger partial charge in [0.1, 0.15) is 5.75 Å². The molecule has 0 aliphatic heterocycles. The molecule has 0 bridgehead atoms. The standard InChI is InChI=1S/C23H22N2O3/c1-16-13-18(14-17(2)21(16)26)15-24-25-22(27)23(28,19-9-5-3-6-10-19)20-11-7-4-8-12-20/h3-15,26,28H,1-2H3,(H,25,27)/b24-15-. The van der Waals surface area contributed by atoms with Gasteiger partial charge in [-0.15, -0.1) is 0 Å². The van der Waals surface area contributed by atoms with E-state index in [0.29, 0.717) is 11.1 Å². The number of hydrazone groups is 1. The van der Waals surface area contributed by atoms with E-state index < -0.39 is 11.5 Å². The Labute approximate surface area is 164 Å². The van der Waals surface area contributed by atoms with Gasteiger partial charge in [0.15, 0.2) is 5.60 Å². The lowest BCUT2D eigenvalue weighted by molar-refractivity contribution is -0.136. The minimum Gasteiger partial charge on any atom is -0.507 e. The largest absolute Gasteiger partial charge is 0.507 e. The lowest BCUT2D eigenvalue weighted by Gasteiger charge is -2.27. The van der Waals surface area contributed by atoms with Crippen molar-refractivity contribution in [1.82, 2.24) is 5.43 Å². The van der Waals surface area contributed by atoms with E-state index in [0.717, 1.165) is 16.7 Å². The lowest BCUT2D eigenvalue weighted by atomic mass is 9.85. The molecular weight excluding hydrogens is 352 g/mol. The summed E-state index contributed by atoms with van der Waals surface area (Å²) in [5.74, 6) is -0.419. The number of carbonyl (C=O) groups is 1. The Bertz CT molecular complexity index is 936. The van der Waals surface area contributed by atoms with Crippen molar-refractivity contribution in [2.24, 2.45) is 5.10 Å². The SMILES string of the molecule is Cc1cc(/C=N\NC(=O)C(O)(c2ccccc2)c2ccccc2)cc(C)c1O. The highest BCUT2D eigenvalue weighted by atomic mass is 16.3. The second-order valence-corrected chi connectivity index (χ2v) is 6.64. The zero-order chi connectivity index (χ0) is 20.1. The average molecular weight is 374 g/mol. The van der Waals surface area contributed by atoms with Crippen LogP contribution in [0, 0.1) is 13.8 Å². The van der Waals surface area contributed by atoms with Gasteiger partial charge >= 0.3 is 0 Å². The number of phenolic OH excluding ortho intramolecular Hbond substituents is 1. The number of nitrogens with zero attached hydrogens (tertiary/aromatic N) is 1. The van der Waals surface area contributed by atoms with Crippen molar-refractivity contribution < 1.29 is 15.0 Å². The third-order valence-corrected chi connectivity index (χ3v) is 4.60. The van der Waals surface area contributed by atoms with E-state index in [-0.39, 0.29) is 5.75 Å². The fourth-order valence-corrected chi connectivity index (χ4v) is 3.10. The number of amides is 1. The summed E-state index contributed by atoms with van der Waals surface area (Å²) in [6, 6.07) is 21.0. The Morgan fingerprint density at radius 3 is 1.86 bits per heavy atom. The smallest absolute Gasteiger partial charge is 0.281 e. The van der Waals surface area contributed by atoms with Gasteiger partial charge in [-0.1, -0.05) is 60.7 Å². The van der Waals surface area contributed by atoms with E-state index in [1.54, 1.807) is 74.5 Å². The molecule has 5 nitrogen and oxygen atoms in total. The van der Waals surface area contributed by atoms with Gasteiger partial charge in [-0.2, -0.15) is 5.10 Å². The van der Waals surface area contributed by atoms with Crippen LogP contribution in [0.1, 0.15) is 27.8 Å². The zero-order valence-corrected chi connectivity index (χ0v) is 15.8. The number of benzene rings is 3. The predicted molar refractivity (Wildman–Crippen MR) is 109 cm³/mol. The molecule has 0 aromatic heterocycles. The molecule has 1 amide bonds. The minimum absolute atomic E-state index is 0.240. The molecule has 0 spiro atoms. The van der Waals surface area contributed by atoms with Gasteiger partial charge in [0.05, 0.1) is 6.21 Å². The van der Waals surface area contributed by atoms with Gasteiger partial charge in [0, 0.05) is 0 Å². The van der Waals surface area contributed by atoms with E-state index in [1.807, 2.05) is 12.1 Å². The summed E-state index contributed by atoms with van der Waals surface area (Å²) in [4.78, 5) is 12.9. The van der Waals surface area contributed by atoms with Gasteiger partial charge in [-0.05, 0) is 53.8 Å². The van der Waals surface area contributed by atoms with Crippen LogP contribution in [-0.2, 0) is 10.4 Å². The summed E-state index contributed by atoms with van der Waals surface area (Å²) >= 11 is 0. The molecule has 0 radical (unpaired) electrons. The molecule has 3 N–H and O–H groups in total. The van der Waals surface area contributed by atoms with E-state index in [2.05, 4.69) is 10.5 Å². The highest BCUT2D eigenvalue weighted by Crippen LogP contribution is 2.29. The fourth-order valence-electron chi connectivity index (χ4n) is 3.10. The first-order valence-corrected chi connectivity index (χ1v) is 8.90. The molecule has 3 rings (SSSR count). The van der Waals surface area contributed by atoms with Gasteiger partial charge in [-0.3, -0.25) is 4.79 Å². The molecule has 3 aromatic carbocycles. The number of carbonyl (C=O) groups excluding carboxylic acids is 1. The molecule has 0 fully saturated rings. The monoisotopic (exact) mass is 374 g/mol. The van der Waals surface area contributed by atoms with Crippen molar-refractivity contribution >= 4 is 12.1 Å². The number of hydrogen-bond donors (Lipinski definition) is 3. The molecule has 0 saturated heterocycles. The van der Waals surface area contributed by atoms with Gasteiger partial charge < -0.3 is 10.2 Å². The summed E-state index contributed by atoms with van der Waals surface area (Å²) in [5, 5.41) is 25.2. The summed E-state index contributed by atoms with van der Waals surface area (Å²) < 4.78 is 0. The van der Waals surface area contributed by atoms with E-state index in [9.17, 15) is 15.0 Å². The van der Waals surface area contributed by atoms with Crippen LogP contribution in [0.2, 0.25) is 0 Å². The first-order valence-electron chi connectivity index (χ1n) is 8.90. The first kappa shape index (κ1) is 19.3. The normalized spacial score (nSPS) is 11.5. The second kappa shape index (κ2) is 8.06. The Morgan fingerprint density at radius 2 is 1.39 bits per heavy atom. The third kappa shape index (κ3) is 3.80. The minimum atomic E-state index is -1.87. The Balaban J connectivity index is 1.89. The number of rotatable bonds is 5. The predicted octanol–water partition coefficient (Wildman–Crippen LogP) is 3.40. The molecule has 0 aliphatic rings. The number of phenols is 1. The quantitative estimate of drug-likeness (QED) is 0.473. The Morgan fingerprint density at radius 1 is 0.929 bits per heavy atom. The molecule has 0 atom stereocenters. The van der Waals surface area contributed by atoms with Crippen LogP contribution in [-0.4, -0.2) is 22.3 Å². The average Bonchev–Trinajstić information content (AvgIpc) is 2.72. The van der Waals surface area contributed by atoms with E-state index in [1.165, 1.54) is 6.21 Å². The zero-order valence-electron chi connectivity index (χ0n) is 15.8. The van der Waals surface area contributed by atoms with Crippen molar-refractivity contribution in [2.45, 2.75) is 19.4 Å². The van der Waals surface area contributed by atoms with Crippen molar-refractivity contribution in [3.8, 4) is 5.75 Å². The van der Waals surface area contributed by atoms with E-state index >= 15 is 0 Å². The van der Waals surface area contributed by atoms with Gasteiger partial charge in [0.2, 0.25) is 0 Å². The lowest BCUT2D eigenvalue weighted by Crippen LogP contribution is -2.43. The summed E-state index contributed by atoms with van der Waals surface area (Å²) in [6.45, 7) is 3.59. The first-order chi connectivity index (χ1) is 13.4. The molecule has 142 valence electrons. The van der Waals surface area contributed by atoms with Crippen LogP contribution in [0.25, 0.3) is 0 Å². The van der Waals surface area contributed by atoms with Crippen molar-refractivity contribution in [3.63, 3.8) is 0 Å². The maximum absolute atomic E-state index is 12.9. The summed E-state index contributed by atoms with van der Waals surface area (Å²) in [7, 11) is 0.